The molecule has 1 saturated heterocycles. The van der Waals surface area contributed by atoms with Crippen molar-refractivity contribution in [1.29, 1.82) is 0 Å². The number of carbonyl (C=O) groups is 1. The van der Waals surface area contributed by atoms with Gasteiger partial charge >= 0.3 is 0 Å². The van der Waals surface area contributed by atoms with Crippen molar-refractivity contribution in [2.24, 2.45) is 5.92 Å². The summed E-state index contributed by atoms with van der Waals surface area (Å²) in [7, 11) is -3.16. The molecule has 0 saturated carbocycles. The Bertz CT molecular complexity index is 657. The molecule has 0 unspecified atom stereocenters. The third-order valence-corrected chi connectivity index (χ3v) is 5.34. The van der Waals surface area contributed by atoms with Crippen molar-refractivity contribution in [3.8, 4) is 0 Å². The largest absolute Gasteiger partial charge is 0.360 e. The van der Waals surface area contributed by atoms with Gasteiger partial charge in [0.1, 0.15) is 5.76 Å². The second-order valence-corrected chi connectivity index (χ2v) is 8.18. The molecule has 0 radical (unpaired) electrons. The molecule has 3 atom stereocenters. The number of aryl methyl sites for hydroxylation is 1. The van der Waals surface area contributed by atoms with Crippen molar-refractivity contribution >= 4 is 21.7 Å². The maximum atomic E-state index is 12.2. The standard InChI is InChI=1S/C14H24N4O4S/c1-9-8-18(23(4,20)21)6-5-12(9)15-11(3)14(19)16-13-7-10(2)22-17-13/h7,9,11-12,15H,5-6,8H2,1-4H3,(H,16,17,19)/t9-,11+,12+/m1/s1. The summed E-state index contributed by atoms with van der Waals surface area (Å²) in [6, 6.07) is 1.33. The minimum atomic E-state index is -3.16. The molecule has 1 aromatic heterocycles. The lowest BCUT2D eigenvalue weighted by molar-refractivity contribution is -0.118. The molecule has 1 aliphatic heterocycles. The van der Waals surface area contributed by atoms with Gasteiger partial charge in [-0.1, -0.05) is 12.1 Å². The quantitative estimate of drug-likeness (QED) is 0.809. The number of piperidine rings is 1. The zero-order valence-corrected chi connectivity index (χ0v) is 14.7. The van der Waals surface area contributed by atoms with E-state index in [4.69, 9.17) is 4.52 Å². The van der Waals surface area contributed by atoms with Gasteiger partial charge in [0, 0.05) is 25.2 Å². The SMILES string of the molecule is Cc1cc(NC(=O)[C@H](C)N[C@H]2CCN(S(C)(=O)=O)C[C@H]2C)no1. The Morgan fingerprint density at radius 3 is 2.74 bits per heavy atom. The zero-order valence-electron chi connectivity index (χ0n) is 13.9. The van der Waals surface area contributed by atoms with Crippen LogP contribution in [0.1, 0.15) is 26.0 Å². The number of carbonyl (C=O) groups excluding carboxylic acids is 1. The molecule has 23 heavy (non-hydrogen) atoms. The summed E-state index contributed by atoms with van der Waals surface area (Å²) < 4.78 is 29.6. The third kappa shape index (κ3) is 4.76. The van der Waals surface area contributed by atoms with E-state index in [0.717, 1.165) is 0 Å². The second-order valence-electron chi connectivity index (χ2n) is 6.19. The van der Waals surface area contributed by atoms with Crippen molar-refractivity contribution < 1.29 is 17.7 Å². The Labute approximate surface area is 136 Å². The highest BCUT2D eigenvalue weighted by molar-refractivity contribution is 7.88. The van der Waals surface area contributed by atoms with Crippen LogP contribution in [0.25, 0.3) is 0 Å². The molecule has 0 spiro atoms. The maximum absolute atomic E-state index is 12.2. The normalized spacial score (nSPS) is 24.3. The maximum Gasteiger partial charge on any atom is 0.242 e. The smallest absolute Gasteiger partial charge is 0.242 e. The topological polar surface area (TPSA) is 105 Å². The average molecular weight is 344 g/mol. The number of nitrogens with one attached hydrogen (secondary N) is 2. The van der Waals surface area contributed by atoms with Crippen LogP contribution in [0, 0.1) is 12.8 Å². The Kier molecular flexibility index (Phi) is 5.43. The van der Waals surface area contributed by atoms with Gasteiger partial charge in [-0.3, -0.25) is 4.79 Å². The molecule has 0 aromatic carbocycles. The van der Waals surface area contributed by atoms with E-state index in [1.807, 2.05) is 6.92 Å². The highest BCUT2D eigenvalue weighted by Crippen LogP contribution is 2.19. The monoisotopic (exact) mass is 344 g/mol. The van der Waals surface area contributed by atoms with Crippen molar-refractivity contribution in [3.63, 3.8) is 0 Å². The summed E-state index contributed by atoms with van der Waals surface area (Å²) in [6.45, 7) is 6.45. The number of rotatable bonds is 5. The van der Waals surface area contributed by atoms with Gasteiger partial charge in [-0.25, -0.2) is 12.7 Å². The van der Waals surface area contributed by atoms with E-state index in [1.54, 1.807) is 19.9 Å². The van der Waals surface area contributed by atoms with Gasteiger partial charge in [0.15, 0.2) is 5.82 Å². The first kappa shape index (κ1) is 17.9. The van der Waals surface area contributed by atoms with Gasteiger partial charge in [0.05, 0.1) is 12.3 Å². The van der Waals surface area contributed by atoms with Crippen LogP contribution in [-0.2, 0) is 14.8 Å². The first-order valence-electron chi connectivity index (χ1n) is 7.62. The molecule has 1 aromatic rings. The lowest BCUT2D eigenvalue weighted by Crippen LogP contribution is -2.53. The molecule has 130 valence electrons. The molecule has 0 bridgehead atoms. The minimum absolute atomic E-state index is 0.0906. The summed E-state index contributed by atoms with van der Waals surface area (Å²) >= 11 is 0. The molecule has 1 aliphatic rings. The Balaban J connectivity index is 1.88. The Morgan fingerprint density at radius 2 is 2.22 bits per heavy atom. The van der Waals surface area contributed by atoms with E-state index in [9.17, 15) is 13.2 Å². The van der Waals surface area contributed by atoms with Gasteiger partial charge in [0.25, 0.3) is 0 Å². The predicted molar refractivity (Wildman–Crippen MR) is 86.5 cm³/mol. The van der Waals surface area contributed by atoms with Gasteiger partial charge < -0.3 is 15.2 Å². The fourth-order valence-electron chi connectivity index (χ4n) is 2.71. The second kappa shape index (κ2) is 6.98. The van der Waals surface area contributed by atoms with Crippen molar-refractivity contribution in [2.45, 2.75) is 39.3 Å². The van der Waals surface area contributed by atoms with Crippen LogP contribution in [0.2, 0.25) is 0 Å². The number of aromatic nitrogens is 1. The molecule has 1 amide bonds. The van der Waals surface area contributed by atoms with Crippen LogP contribution in [-0.4, -0.2) is 55.2 Å². The van der Waals surface area contributed by atoms with Gasteiger partial charge in [0.2, 0.25) is 15.9 Å². The molecule has 0 aliphatic carbocycles. The zero-order chi connectivity index (χ0) is 17.2. The van der Waals surface area contributed by atoms with Crippen LogP contribution < -0.4 is 10.6 Å². The van der Waals surface area contributed by atoms with Crippen LogP contribution >= 0.6 is 0 Å². The summed E-state index contributed by atoms with van der Waals surface area (Å²) in [5.74, 6) is 0.947. The van der Waals surface area contributed by atoms with Crippen molar-refractivity contribution in [3.05, 3.63) is 11.8 Å². The number of sulfonamides is 1. The van der Waals surface area contributed by atoms with E-state index >= 15 is 0 Å². The van der Waals surface area contributed by atoms with Crippen molar-refractivity contribution in [1.82, 2.24) is 14.8 Å². The van der Waals surface area contributed by atoms with E-state index in [1.165, 1.54) is 10.6 Å². The minimum Gasteiger partial charge on any atom is -0.360 e. The van der Waals surface area contributed by atoms with E-state index in [-0.39, 0.29) is 17.9 Å². The van der Waals surface area contributed by atoms with Crippen LogP contribution in [0.4, 0.5) is 5.82 Å². The highest BCUT2D eigenvalue weighted by Gasteiger charge is 2.32. The molecule has 9 heteroatoms. The van der Waals surface area contributed by atoms with Crippen molar-refractivity contribution in [2.75, 3.05) is 24.7 Å². The van der Waals surface area contributed by atoms with E-state index in [0.29, 0.717) is 31.1 Å². The molecule has 1 fully saturated rings. The lowest BCUT2D eigenvalue weighted by Gasteiger charge is -2.37. The molecule has 2 rings (SSSR count). The van der Waals surface area contributed by atoms with E-state index in [2.05, 4.69) is 15.8 Å². The van der Waals surface area contributed by atoms with E-state index < -0.39 is 16.1 Å². The fraction of sp³-hybridized carbons (Fsp3) is 0.714. The lowest BCUT2D eigenvalue weighted by atomic mass is 9.94. The predicted octanol–water partition coefficient (Wildman–Crippen LogP) is 0.570. The Hall–Kier alpha value is -1.45. The molecule has 8 nitrogen and oxygen atoms in total. The summed E-state index contributed by atoms with van der Waals surface area (Å²) in [6.07, 6.45) is 1.90. The van der Waals surface area contributed by atoms with Crippen LogP contribution in [0.5, 0.6) is 0 Å². The molecule has 2 heterocycles. The average Bonchev–Trinajstić information content (AvgIpc) is 2.85. The number of nitrogens with zero attached hydrogens (tertiary/aromatic N) is 2. The summed E-state index contributed by atoms with van der Waals surface area (Å²) in [5.41, 5.74) is 0. The van der Waals surface area contributed by atoms with Gasteiger partial charge in [-0.15, -0.1) is 0 Å². The number of hydrogen-bond donors (Lipinski definition) is 2. The fourth-order valence-corrected chi connectivity index (χ4v) is 3.66. The number of amides is 1. The van der Waals surface area contributed by atoms with Gasteiger partial charge in [-0.2, -0.15) is 0 Å². The number of anilines is 1. The molecule has 2 N–H and O–H groups in total. The summed E-state index contributed by atoms with van der Waals surface area (Å²) in [5, 5.41) is 9.69. The first-order chi connectivity index (χ1) is 10.7. The molecular weight excluding hydrogens is 320 g/mol. The summed E-state index contributed by atoms with van der Waals surface area (Å²) in [4.78, 5) is 12.2. The van der Waals surface area contributed by atoms with Gasteiger partial charge in [-0.05, 0) is 26.2 Å². The van der Waals surface area contributed by atoms with Crippen LogP contribution in [0.15, 0.2) is 10.6 Å². The number of hydrogen-bond acceptors (Lipinski definition) is 6. The molecular formula is C14H24N4O4S. The highest BCUT2D eigenvalue weighted by atomic mass is 32.2. The van der Waals surface area contributed by atoms with Crippen LogP contribution in [0.3, 0.4) is 0 Å². The third-order valence-electron chi connectivity index (χ3n) is 4.07. The first-order valence-corrected chi connectivity index (χ1v) is 9.47. The Morgan fingerprint density at radius 1 is 1.52 bits per heavy atom.